The molecule has 49 heavy (non-hydrogen) atoms. The minimum absolute atomic E-state index is 0.171. The Labute approximate surface area is 291 Å². The molecule has 3 aromatic carbocycles. The van der Waals surface area contributed by atoms with Crippen LogP contribution in [0.2, 0.25) is 0 Å². The van der Waals surface area contributed by atoms with Crippen LogP contribution < -0.4 is 0 Å². The van der Waals surface area contributed by atoms with Crippen molar-refractivity contribution in [3.05, 3.63) is 101 Å². The molecule has 3 heterocycles. The van der Waals surface area contributed by atoms with Crippen molar-refractivity contribution in [2.45, 2.75) is 59.5 Å². The fourth-order valence-electron chi connectivity index (χ4n) is 5.50. The van der Waals surface area contributed by atoms with Crippen molar-refractivity contribution in [2.24, 2.45) is 7.05 Å². The molecule has 0 bridgehead atoms. The van der Waals surface area contributed by atoms with Gasteiger partial charge in [-0.1, -0.05) is 36.4 Å². The lowest BCUT2D eigenvalue weighted by molar-refractivity contribution is -0.136. The number of fused-ring (bicyclic) bond motifs is 2. The number of carbonyl (C=O) groups is 1. The van der Waals surface area contributed by atoms with Crippen LogP contribution in [0.3, 0.4) is 0 Å². The van der Waals surface area contributed by atoms with Crippen molar-refractivity contribution in [2.75, 3.05) is 6.61 Å². The predicted molar refractivity (Wildman–Crippen MR) is 199 cm³/mol. The second kappa shape index (κ2) is 15.9. The first-order chi connectivity index (χ1) is 23.3. The molecule has 1 fully saturated rings. The largest absolute Gasteiger partial charge is 0.490 e. The first-order valence-electron chi connectivity index (χ1n) is 15.9. The second-order valence-corrected chi connectivity index (χ2v) is 13.6. The first kappa shape index (κ1) is 36.8. The number of ether oxygens (including phenoxy) is 1. The molecule has 0 amide bonds. The summed E-state index contributed by atoms with van der Waals surface area (Å²) in [5, 5.41) is 24.4. The van der Waals surface area contributed by atoms with E-state index in [1.165, 1.54) is 17.4 Å². The summed E-state index contributed by atoms with van der Waals surface area (Å²) in [6, 6.07) is 16.4. The normalized spacial score (nSPS) is 15.0. The summed E-state index contributed by atoms with van der Waals surface area (Å²) in [7, 11) is 1.93. The number of carboxylic acids is 1. The monoisotopic (exact) mass is 679 g/mol. The molecule has 0 radical (unpaired) electrons. The van der Waals surface area contributed by atoms with Gasteiger partial charge in [0.1, 0.15) is 5.01 Å². The molecular formula is C40H42FN3O4S. The number of aliphatic carboxylic acids is 1. The summed E-state index contributed by atoms with van der Waals surface area (Å²) in [5.74, 6) is -1.16. The van der Waals surface area contributed by atoms with Crippen LogP contribution in [-0.2, 0) is 23.0 Å². The molecule has 5 aromatic rings. The Morgan fingerprint density at radius 1 is 1.12 bits per heavy atom. The molecule has 1 saturated heterocycles. The molecule has 7 nitrogen and oxygen atoms in total. The average molecular weight is 680 g/mol. The van der Waals surface area contributed by atoms with Crippen LogP contribution in [0, 0.1) is 19.8 Å². The molecule has 2 N–H and O–H groups in total. The minimum Gasteiger partial charge on any atom is -0.490 e. The van der Waals surface area contributed by atoms with E-state index >= 15 is 4.39 Å². The predicted octanol–water partition coefficient (Wildman–Crippen LogP) is 9.43. The molecule has 6 rings (SSSR count). The highest BCUT2D eigenvalue weighted by Gasteiger charge is 2.19. The Balaban J connectivity index is 0.000000710. The van der Waals surface area contributed by atoms with Crippen LogP contribution >= 0.6 is 11.3 Å². The van der Waals surface area contributed by atoms with E-state index in [1.807, 2.05) is 56.0 Å². The summed E-state index contributed by atoms with van der Waals surface area (Å²) >= 11 is 1.48. The number of halogens is 1. The molecule has 9 heteroatoms. The van der Waals surface area contributed by atoms with Gasteiger partial charge in [-0.15, -0.1) is 24.2 Å². The Bertz CT molecular complexity index is 2090. The fourth-order valence-corrected chi connectivity index (χ4v) is 6.59. The zero-order valence-corrected chi connectivity index (χ0v) is 29.6. The van der Waals surface area contributed by atoms with Crippen LogP contribution in [-0.4, -0.2) is 43.2 Å². The third-order valence-electron chi connectivity index (χ3n) is 7.66. The smallest absolute Gasteiger partial charge is 0.307 e. The molecule has 254 valence electrons. The molecule has 0 saturated carbocycles. The zero-order valence-electron chi connectivity index (χ0n) is 28.8. The number of hydrogen-bond acceptors (Lipinski definition) is 6. The highest BCUT2D eigenvalue weighted by atomic mass is 32.1. The molecule has 0 spiro atoms. The van der Waals surface area contributed by atoms with Gasteiger partial charge in [-0.05, 0) is 111 Å². The van der Waals surface area contributed by atoms with Gasteiger partial charge in [0.2, 0.25) is 0 Å². The first-order valence-corrected chi connectivity index (χ1v) is 16.7. The summed E-state index contributed by atoms with van der Waals surface area (Å²) < 4.78 is 23.7. The number of rotatable bonds is 6. The molecule has 1 aliphatic heterocycles. The summed E-state index contributed by atoms with van der Waals surface area (Å²) in [6.07, 6.45) is 16.2. The van der Waals surface area contributed by atoms with Crippen molar-refractivity contribution in [3.63, 3.8) is 0 Å². The van der Waals surface area contributed by atoms with Gasteiger partial charge in [-0.3, -0.25) is 9.48 Å². The van der Waals surface area contributed by atoms with Crippen molar-refractivity contribution in [1.29, 1.82) is 0 Å². The van der Waals surface area contributed by atoms with Crippen LogP contribution in [0.1, 0.15) is 57.2 Å². The highest BCUT2D eigenvalue weighted by Crippen LogP contribution is 2.38. The van der Waals surface area contributed by atoms with Gasteiger partial charge in [0.25, 0.3) is 0 Å². The topological polar surface area (TPSA) is 97.5 Å². The van der Waals surface area contributed by atoms with Gasteiger partial charge in [0.05, 0.1) is 40.6 Å². The van der Waals surface area contributed by atoms with Gasteiger partial charge >= 0.3 is 5.97 Å². The minimum atomic E-state index is -0.944. The van der Waals surface area contributed by atoms with E-state index in [1.54, 1.807) is 26.8 Å². The lowest BCUT2D eigenvalue weighted by Crippen LogP contribution is -2.10. The number of allylic oxidation sites excluding steroid dienone is 4. The SMILES string of the molecule is C#C.CC(C)(C)O.C\C=C1/CCCO/C1=C(F)/C=C/c1c(CC(=O)O)c(C)cc2nc(-c3cccc(-c4ccc5c(cnn5C)c4)c3)sc12. The molecule has 2 aromatic heterocycles. The number of hydrogen-bond donors (Lipinski definition) is 2. The third kappa shape index (κ3) is 9.11. The number of nitrogens with zero attached hydrogens (tertiary/aromatic N) is 3. The number of aliphatic hydroxyl groups is 1. The Hall–Kier alpha value is -5.04. The standard InChI is InChI=1S/C34H30FN3O3S.C4H10O.C2H2/c1-4-21-9-6-14-41-32(21)28(35)12-11-26-27(18-31(39)40)20(2)15-29-33(26)42-34(37-29)24-8-5-7-22(16-24)23-10-13-30-25(17-23)19-36-38(30)3;1-4(2,3)5;1-2/h4-5,7-8,10-13,15-17,19H,6,9,14,18H2,1-3H3,(H,39,40);5H,1-3H3;1-2H/b12-11+,21-4+,32-28-;;. The van der Waals surface area contributed by atoms with Crippen LogP contribution in [0.5, 0.6) is 0 Å². The van der Waals surface area contributed by atoms with Gasteiger partial charge in [0.15, 0.2) is 11.6 Å². The Morgan fingerprint density at radius 2 is 1.82 bits per heavy atom. The van der Waals surface area contributed by atoms with E-state index < -0.39 is 17.4 Å². The number of benzene rings is 3. The van der Waals surface area contributed by atoms with E-state index in [-0.39, 0.29) is 12.2 Å². The zero-order chi connectivity index (χ0) is 35.9. The van der Waals surface area contributed by atoms with Gasteiger partial charge in [0, 0.05) is 18.0 Å². The Kier molecular flexibility index (Phi) is 11.9. The summed E-state index contributed by atoms with van der Waals surface area (Å²) in [4.78, 5) is 16.7. The van der Waals surface area contributed by atoms with Crippen molar-refractivity contribution < 1.29 is 24.1 Å². The maximum Gasteiger partial charge on any atom is 0.307 e. The van der Waals surface area contributed by atoms with Crippen molar-refractivity contribution in [3.8, 4) is 34.5 Å². The third-order valence-corrected chi connectivity index (χ3v) is 8.81. The van der Waals surface area contributed by atoms with E-state index in [4.69, 9.17) is 14.8 Å². The molecule has 0 unspecified atom stereocenters. The number of terminal acetylenes is 1. The van der Waals surface area contributed by atoms with E-state index in [2.05, 4.69) is 48.3 Å². The number of thiazole rings is 1. The van der Waals surface area contributed by atoms with Gasteiger partial charge < -0.3 is 14.9 Å². The van der Waals surface area contributed by atoms with Crippen LogP contribution in [0.15, 0.2) is 84.0 Å². The molecule has 0 aliphatic carbocycles. The fraction of sp³-hybridized carbons (Fsp3) is 0.275. The van der Waals surface area contributed by atoms with E-state index in [0.717, 1.165) is 66.8 Å². The second-order valence-electron chi connectivity index (χ2n) is 12.6. The van der Waals surface area contributed by atoms with Crippen molar-refractivity contribution >= 4 is 44.5 Å². The maximum atomic E-state index is 15.4. The van der Waals surface area contributed by atoms with Gasteiger partial charge in [-0.2, -0.15) is 5.10 Å². The van der Waals surface area contributed by atoms with E-state index in [9.17, 15) is 9.90 Å². The molecule has 0 atom stereocenters. The van der Waals surface area contributed by atoms with Crippen molar-refractivity contribution in [1.82, 2.24) is 14.8 Å². The quantitative estimate of drug-likeness (QED) is 0.174. The number of aryl methyl sites for hydroxylation is 2. The summed E-state index contributed by atoms with van der Waals surface area (Å²) in [5.41, 5.74) is 7.36. The van der Waals surface area contributed by atoms with E-state index in [0.29, 0.717) is 17.7 Å². The molecule has 1 aliphatic rings. The van der Waals surface area contributed by atoms with Crippen LogP contribution in [0.4, 0.5) is 4.39 Å². The number of aromatic nitrogens is 3. The highest BCUT2D eigenvalue weighted by molar-refractivity contribution is 7.22. The van der Waals surface area contributed by atoms with Gasteiger partial charge in [-0.25, -0.2) is 9.37 Å². The molecular weight excluding hydrogens is 638 g/mol. The maximum absolute atomic E-state index is 15.4. The Morgan fingerprint density at radius 3 is 2.51 bits per heavy atom. The average Bonchev–Trinajstić information content (AvgIpc) is 3.67. The van der Waals surface area contributed by atoms with Crippen LogP contribution in [0.25, 0.3) is 48.9 Å². The summed E-state index contributed by atoms with van der Waals surface area (Å²) in [6.45, 7) is 9.45. The number of carboxylic acid groups (broad SMARTS) is 1. The lowest BCUT2D eigenvalue weighted by Gasteiger charge is -2.19. The lowest BCUT2D eigenvalue weighted by atomic mass is 9.97.